The third-order valence-electron chi connectivity index (χ3n) is 5.63. The highest BCUT2D eigenvalue weighted by atomic mass is 127. The number of methoxy groups -OCH3 is 2. The average Bonchev–Trinajstić information content (AvgIpc) is 3.66. The second-order valence-corrected chi connectivity index (χ2v) is 7.72. The van der Waals surface area contributed by atoms with Crippen LogP contribution < -0.4 is 25.4 Å². The van der Waals surface area contributed by atoms with E-state index in [2.05, 4.69) is 31.9 Å². The number of hydrogen-bond acceptors (Lipinski definition) is 6. The molecule has 3 rings (SSSR count). The topological polar surface area (TPSA) is 96.5 Å². The Kier molecular flexibility index (Phi) is 11.3. The Morgan fingerprint density at radius 1 is 1.12 bits per heavy atom. The second kappa shape index (κ2) is 13.7. The molecule has 1 unspecified atom stereocenters. The second-order valence-electron chi connectivity index (χ2n) is 7.72. The standard InChI is InChI=1S/C22H35N5O4.HI/c1-23-22(25-9-8-24-21(28)16-4-5-16)26-15-18(27-10-12-31-13-11-27)17-6-7-19(29-2)20(14-17)30-3;/h6-7,14,16,18H,4-5,8-13,15H2,1-3H3,(H,24,28)(H2,23,25,26);1H. The summed E-state index contributed by atoms with van der Waals surface area (Å²) in [5.41, 5.74) is 1.14. The summed E-state index contributed by atoms with van der Waals surface area (Å²) in [6, 6.07) is 6.17. The van der Waals surface area contributed by atoms with Gasteiger partial charge in [-0.3, -0.25) is 14.7 Å². The van der Waals surface area contributed by atoms with Gasteiger partial charge in [-0.1, -0.05) is 6.07 Å². The zero-order valence-electron chi connectivity index (χ0n) is 19.2. The Labute approximate surface area is 207 Å². The number of nitrogens with one attached hydrogen (secondary N) is 3. The van der Waals surface area contributed by atoms with Gasteiger partial charge in [0.2, 0.25) is 5.91 Å². The van der Waals surface area contributed by atoms with Gasteiger partial charge in [0.05, 0.1) is 33.5 Å². The molecular weight excluding hydrogens is 525 g/mol. The van der Waals surface area contributed by atoms with Crippen molar-refractivity contribution in [3.8, 4) is 11.5 Å². The monoisotopic (exact) mass is 561 g/mol. The van der Waals surface area contributed by atoms with Crippen molar-refractivity contribution in [1.82, 2.24) is 20.9 Å². The molecule has 0 radical (unpaired) electrons. The van der Waals surface area contributed by atoms with Crippen molar-refractivity contribution < 1.29 is 19.0 Å². The molecule has 1 amide bonds. The fraction of sp³-hybridized carbons (Fsp3) is 0.636. The normalized spacial score (nSPS) is 17.7. The van der Waals surface area contributed by atoms with Gasteiger partial charge in [0.15, 0.2) is 17.5 Å². The zero-order valence-corrected chi connectivity index (χ0v) is 21.5. The lowest BCUT2D eigenvalue weighted by Crippen LogP contribution is -2.47. The molecule has 3 N–H and O–H groups in total. The maximum Gasteiger partial charge on any atom is 0.223 e. The number of benzene rings is 1. The van der Waals surface area contributed by atoms with Crippen LogP contribution in [0.25, 0.3) is 0 Å². The van der Waals surface area contributed by atoms with Crippen LogP contribution in [0.4, 0.5) is 0 Å². The summed E-state index contributed by atoms with van der Waals surface area (Å²) < 4.78 is 16.4. The number of rotatable bonds is 10. The number of halogens is 1. The first-order chi connectivity index (χ1) is 15.2. The molecule has 1 aromatic carbocycles. The van der Waals surface area contributed by atoms with E-state index in [0.29, 0.717) is 37.1 Å². The summed E-state index contributed by atoms with van der Waals surface area (Å²) in [6.07, 6.45) is 2.03. The Bertz CT molecular complexity index is 754. The number of ether oxygens (including phenoxy) is 3. The lowest BCUT2D eigenvalue weighted by atomic mass is 10.0. The van der Waals surface area contributed by atoms with Crippen LogP contribution in [0.2, 0.25) is 0 Å². The van der Waals surface area contributed by atoms with Gasteiger partial charge in [-0.2, -0.15) is 0 Å². The van der Waals surface area contributed by atoms with Crippen molar-refractivity contribution in [2.45, 2.75) is 18.9 Å². The summed E-state index contributed by atoms with van der Waals surface area (Å²) in [7, 11) is 5.04. The molecule has 1 aliphatic heterocycles. The van der Waals surface area contributed by atoms with Crippen molar-refractivity contribution in [2.75, 3.05) is 67.2 Å². The van der Waals surface area contributed by atoms with Crippen LogP contribution in [-0.4, -0.2) is 84.0 Å². The molecule has 180 valence electrons. The molecule has 1 aromatic rings. The Morgan fingerprint density at radius 3 is 2.44 bits per heavy atom. The summed E-state index contributed by atoms with van der Waals surface area (Å²) in [6.45, 7) is 5.04. The molecule has 1 aliphatic carbocycles. The minimum absolute atomic E-state index is 0. The molecule has 2 fully saturated rings. The van der Waals surface area contributed by atoms with Gasteiger partial charge in [-0.05, 0) is 30.5 Å². The summed E-state index contributed by atoms with van der Waals surface area (Å²) in [4.78, 5) is 18.5. The van der Waals surface area contributed by atoms with Gasteiger partial charge in [0, 0.05) is 45.7 Å². The molecule has 1 atom stereocenters. The van der Waals surface area contributed by atoms with Crippen LogP contribution >= 0.6 is 24.0 Å². The SMILES string of the molecule is CN=C(NCCNC(=O)C1CC1)NCC(c1ccc(OC)c(OC)c1)N1CCOCC1.I. The quantitative estimate of drug-likeness (QED) is 0.172. The predicted octanol–water partition coefficient (Wildman–Crippen LogP) is 1.39. The van der Waals surface area contributed by atoms with Crippen LogP contribution in [0.5, 0.6) is 11.5 Å². The summed E-state index contributed by atoms with van der Waals surface area (Å²) in [5.74, 6) is 2.52. The van der Waals surface area contributed by atoms with E-state index in [1.165, 1.54) is 0 Å². The van der Waals surface area contributed by atoms with Crippen LogP contribution in [0.1, 0.15) is 24.4 Å². The van der Waals surface area contributed by atoms with Crippen molar-refractivity contribution in [1.29, 1.82) is 0 Å². The lowest BCUT2D eigenvalue weighted by molar-refractivity contribution is -0.122. The minimum atomic E-state index is 0. The maximum atomic E-state index is 11.7. The number of amides is 1. The summed E-state index contributed by atoms with van der Waals surface area (Å²) >= 11 is 0. The number of morpholine rings is 1. The molecule has 1 saturated carbocycles. The largest absolute Gasteiger partial charge is 0.493 e. The number of carbonyl (C=O) groups excluding carboxylic acids is 1. The Hall–Kier alpha value is -1.79. The molecule has 32 heavy (non-hydrogen) atoms. The fourth-order valence-electron chi connectivity index (χ4n) is 3.68. The van der Waals surface area contributed by atoms with E-state index in [-0.39, 0.29) is 41.8 Å². The van der Waals surface area contributed by atoms with Crippen LogP contribution in [-0.2, 0) is 9.53 Å². The number of carbonyl (C=O) groups is 1. The van der Waals surface area contributed by atoms with E-state index < -0.39 is 0 Å². The van der Waals surface area contributed by atoms with E-state index in [1.807, 2.05) is 12.1 Å². The van der Waals surface area contributed by atoms with E-state index >= 15 is 0 Å². The first kappa shape index (κ1) is 26.5. The lowest BCUT2D eigenvalue weighted by Gasteiger charge is -2.35. The Morgan fingerprint density at radius 2 is 1.81 bits per heavy atom. The smallest absolute Gasteiger partial charge is 0.223 e. The van der Waals surface area contributed by atoms with Gasteiger partial charge < -0.3 is 30.2 Å². The van der Waals surface area contributed by atoms with Gasteiger partial charge >= 0.3 is 0 Å². The van der Waals surface area contributed by atoms with E-state index in [9.17, 15) is 4.79 Å². The minimum Gasteiger partial charge on any atom is -0.493 e. The number of aliphatic imine (C=N–C) groups is 1. The molecule has 1 heterocycles. The molecule has 2 aliphatic rings. The number of hydrogen-bond donors (Lipinski definition) is 3. The molecule has 10 heteroatoms. The highest BCUT2D eigenvalue weighted by Gasteiger charge is 2.29. The highest BCUT2D eigenvalue weighted by molar-refractivity contribution is 14.0. The predicted molar refractivity (Wildman–Crippen MR) is 135 cm³/mol. The van der Waals surface area contributed by atoms with Gasteiger partial charge in [-0.15, -0.1) is 24.0 Å². The van der Waals surface area contributed by atoms with Crippen molar-refractivity contribution in [3.05, 3.63) is 23.8 Å². The molecule has 0 aromatic heterocycles. The van der Waals surface area contributed by atoms with E-state index in [4.69, 9.17) is 14.2 Å². The molecule has 1 saturated heterocycles. The van der Waals surface area contributed by atoms with E-state index in [1.54, 1.807) is 21.3 Å². The highest BCUT2D eigenvalue weighted by Crippen LogP contribution is 2.32. The molecule has 9 nitrogen and oxygen atoms in total. The molecular formula is C22H36IN5O4. The van der Waals surface area contributed by atoms with Crippen molar-refractivity contribution in [2.24, 2.45) is 10.9 Å². The average molecular weight is 561 g/mol. The Balaban J connectivity index is 0.00000363. The molecule has 0 spiro atoms. The van der Waals surface area contributed by atoms with Crippen LogP contribution in [0, 0.1) is 5.92 Å². The fourth-order valence-corrected chi connectivity index (χ4v) is 3.68. The number of nitrogens with zero attached hydrogens (tertiary/aromatic N) is 2. The third-order valence-corrected chi connectivity index (χ3v) is 5.63. The van der Waals surface area contributed by atoms with Crippen molar-refractivity contribution in [3.63, 3.8) is 0 Å². The van der Waals surface area contributed by atoms with Crippen LogP contribution in [0.3, 0.4) is 0 Å². The van der Waals surface area contributed by atoms with E-state index in [0.717, 1.165) is 44.7 Å². The first-order valence-corrected chi connectivity index (χ1v) is 10.9. The van der Waals surface area contributed by atoms with Crippen molar-refractivity contribution >= 4 is 35.8 Å². The first-order valence-electron chi connectivity index (χ1n) is 10.9. The van der Waals surface area contributed by atoms with Gasteiger partial charge in [-0.25, -0.2) is 0 Å². The van der Waals surface area contributed by atoms with Crippen LogP contribution in [0.15, 0.2) is 23.2 Å². The van der Waals surface area contributed by atoms with Gasteiger partial charge in [0.1, 0.15) is 0 Å². The third kappa shape index (κ3) is 7.66. The summed E-state index contributed by atoms with van der Waals surface area (Å²) in [5, 5.41) is 9.66. The zero-order chi connectivity index (χ0) is 22.1. The number of guanidine groups is 1. The van der Waals surface area contributed by atoms with Gasteiger partial charge in [0.25, 0.3) is 0 Å². The maximum absolute atomic E-state index is 11.7. The molecule has 0 bridgehead atoms.